The molecular formula is C14H18F3N3O. The van der Waals surface area contributed by atoms with Gasteiger partial charge in [0.25, 0.3) is 0 Å². The Morgan fingerprint density at radius 2 is 2.00 bits per heavy atom. The lowest BCUT2D eigenvalue weighted by atomic mass is 10.1. The molecule has 3 N–H and O–H groups in total. The molecule has 0 heterocycles. The highest BCUT2D eigenvalue weighted by Crippen LogP contribution is 2.29. The molecule has 1 aliphatic rings. The summed E-state index contributed by atoms with van der Waals surface area (Å²) >= 11 is 0. The molecule has 7 heteroatoms. The van der Waals surface area contributed by atoms with E-state index in [0.29, 0.717) is 12.2 Å². The Bertz CT molecular complexity index is 500. The molecule has 0 radical (unpaired) electrons. The van der Waals surface area contributed by atoms with Crippen LogP contribution in [0.1, 0.15) is 18.4 Å². The van der Waals surface area contributed by atoms with E-state index in [-0.39, 0.29) is 12.6 Å². The monoisotopic (exact) mass is 301 g/mol. The number of nitrogen functional groups attached to an aromatic ring is 1. The number of halogens is 3. The fourth-order valence-corrected chi connectivity index (χ4v) is 2.09. The number of para-hydroxylation sites is 1. The van der Waals surface area contributed by atoms with Gasteiger partial charge in [-0.1, -0.05) is 18.2 Å². The lowest BCUT2D eigenvalue weighted by Crippen LogP contribution is -2.41. The minimum atomic E-state index is -4.38. The van der Waals surface area contributed by atoms with E-state index in [1.54, 1.807) is 6.07 Å². The van der Waals surface area contributed by atoms with Crippen molar-refractivity contribution in [2.75, 3.05) is 18.8 Å². The van der Waals surface area contributed by atoms with Gasteiger partial charge in [-0.15, -0.1) is 0 Å². The number of nitrogens with one attached hydrogen (secondary N) is 1. The Morgan fingerprint density at radius 3 is 2.57 bits per heavy atom. The van der Waals surface area contributed by atoms with Crippen LogP contribution >= 0.6 is 0 Å². The van der Waals surface area contributed by atoms with Gasteiger partial charge in [0.2, 0.25) is 5.91 Å². The standard InChI is InChI=1S/C14H18F3N3O/c15-14(16,17)9-19-13(21)8-20(11-5-6-11)7-10-3-1-2-4-12(10)18/h1-4,11H,5-9,18H2,(H,19,21). The van der Waals surface area contributed by atoms with E-state index in [0.717, 1.165) is 18.4 Å². The van der Waals surface area contributed by atoms with Gasteiger partial charge in [-0.25, -0.2) is 0 Å². The number of anilines is 1. The van der Waals surface area contributed by atoms with Gasteiger partial charge in [-0.3, -0.25) is 9.69 Å². The van der Waals surface area contributed by atoms with Crippen LogP contribution in [-0.2, 0) is 11.3 Å². The fourth-order valence-electron chi connectivity index (χ4n) is 2.09. The third-order valence-corrected chi connectivity index (χ3v) is 3.32. The van der Waals surface area contributed by atoms with Crippen molar-refractivity contribution in [2.24, 2.45) is 0 Å². The maximum Gasteiger partial charge on any atom is 0.405 e. The third-order valence-electron chi connectivity index (χ3n) is 3.32. The average Bonchev–Trinajstić information content (AvgIpc) is 3.22. The molecule has 0 atom stereocenters. The van der Waals surface area contributed by atoms with Gasteiger partial charge < -0.3 is 11.1 Å². The van der Waals surface area contributed by atoms with Crippen LogP contribution in [0.4, 0.5) is 18.9 Å². The minimum absolute atomic E-state index is 0.0465. The number of benzene rings is 1. The van der Waals surface area contributed by atoms with E-state index in [1.165, 1.54) is 0 Å². The van der Waals surface area contributed by atoms with E-state index in [2.05, 4.69) is 0 Å². The van der Waals surface area contributed by atoms with Gasteiger partial charge >= 0.3 is 6.18 Å². The van der Waals surface area contributed by atoms with Crippen LogP contribution in [0.25, 0.3) is 0 Å². The smallest absolute Gasteiger partial charge is 0.398 e. The molecule has 0 saturated heterocycles. The van der Waals surface area contributed by atoms with E-state index in [4.69, 9.17) is 5.73 Å². The van der Waals surface area contributed by atoms with Crippen molar-refractivity contribution in [1.82, 2.24) is 10.2 Å². The zero-order chi connectivity index (χ0) is 15.5. The molecule has 0 bridgehead atoms. The number of hydrogen-bond acceptors (Lipinski definition) is 3. The molecule has 0 aromatic heterocycles. The van der Waals surface area contributed by atoms with Crippen molar-refractivity contribution in [3.8, 4) is 0 Å². The highest BCUT2D eigenvalue weighted by atomic mass is 19.4. The quantitative estimate of drug-likeness (QED) is 0.789. The van der Waals surface area contributed by atoms with Crippen LogP contribution in [0, 0.1) is 0 Å². The van der Waals surface area contributed by atoms with Gasteiger partial charge in [0.05, 0.1) is 6.54 Å². The minimum Gasteiger partial charge on any atom is -0.398 e. The zero-order valence-corrected chi connectivity index (χ0v) is 11.5. The lowest BCUT2D eigenvalue weighted by molar-refractivity contribution is -0.139. The molecule has 0 aliphatic heterocycles. The highest BCUT2D eigenvalue weighted by Gasteiger charge is 2.32. The number of hydrogen-bond donors (Lipinski definition) is 2. The van der Waals surface area contributed by atoms with Crippen molar-refractivity contribution >= 4 is 11.6 Å². The first-order chi connectivity index (χ1) is 9.85. The van der Waals surface area contributed by atoms with Crippen molar-refractivity contribution in [2.45, 2.75) is 31.6 Å². The maximum absolute atomic E-state index is 12.1. The second-order valence-corrected chi connectivity index (χ2v) is 5.23. The fraction of sp³-hybridized carbons (Fsp3) is 0.500. The van der Waals surface area contributed by atoms with Gasteiger partial charge in [0.15, 0.2) is 0 Å². The second-order valence-electron chi connectivity index (χ2n) is 5.23. The number of nitrogens with zero attached hydrogens (tertiary/aromatic N) is 1. The molecule has 1 aromatic carbocycles. The molecule has 1 aromatic rings. The molecule has 1 fully saturated rings. The first-order valence-corrected chi connectivity index (χ1v) is 6.76. The van der Waals surface area contributed by atoms with E-state index in [9.17, 15) is 18.0 Å². The summed E-state index contributed by atoms with van der Waals surface area (Å²) in [5.41, 5.74) is 7.37. The molecular weight excluding hydrogens is 283 g/mol. The molecule has 116 valence electrons. The van der Waals surface area contributed by atoms with Crippen LogP contribution < -0.4 is 11.1 Å². The van der Waals surface area contributed by atoms with E-state index < -0.39 is 18.6 Å². The Labute approximate surface area is 121 Å². The summed E-state index contributed by atoms with van der Waals surface area (Å²) in [6, 6.07) is 7.54. The first kappa shape index (κ1) is 15.6. The molecule has 1 aliphatic carbocycles. The van der Waals surface area contributed by atoms with Gasteiger partial charge in [-0.05, 0) is 24.5 Å². The van der Waals surface area contributed by atoms with E-state index >= 15 is 0 Å². The molecule has 0 spiro atoms. The predicted octanol–water partition coefficient (Wildman–Crippen LogP) is 1.91. The van der Waals surface area contributed by atoms with Crippen LogP contribution in [0.2, 0.25) is 0 Å². The van der Waals surface area contributed by atoms with Crippen LogP contribution in [0.3, 0.4) is 0 Å². The molecule has 2 rings (SSSR count). The number of rotatable bonds is 6. The zero-order valence-electron chi connectivity index (χ0n) is 11.5. The van der Waals surface area contributed by atoms with Crippen LogP contribution in [0.5, 0.6) is 0 Å². The molecule has 1 saturated carbocycles. The Hall–Kier alpha value is -1.76. The number of carbonyl (C=O) groups excluding carboxylic acids is 1. The number of nitrogens with two attached hydrogens (primary N) is 1. The summed E-state index contributed by atoms with van der Waals surface area (Å²) in [4.78, 5) is 13.5. The van der Waals surface area contributed by atoms with Gasteiger partial charge in [0.1, 0.15) is 6.54 Å². The number of carbonyl (C=O) groups is 1. The maximum atomic E-state index is 12.1. The number of amides is 1. The second kappa shape index (κ2) is 6.34. The topological polar surface area (TPSA) is 58.4 Å². The largest absolute Gasteiger partial charge is 0.405 e. The molecule has 1 amide bonds. The summed E-state index contributed by atoms with van der Waals surface area (Å²) in [5.74, 6) is -0.617. The van der Waals surface area contributed by atoms with E-state index in [1.807, 2.05) is 28.4 Å². The Kier molecular flexibility index (Phi) is 4.72. The SMILES string of the molecule is Nc1ccccc1CN(CC(=O)NCC(F)(F)F)C1CC1. The van der Waals surface area contributed by atoms with Gasteiger partial charge in [0, 0.05) is 18.3 Å². The summed E-state index contributed by atoms with van der Waals surface area (Å²) in [7, 11) is 0. The molecule has 21 heavy (non-hydrogen) atoms. The van der Waals surface area contributed by atoms with Crippen molar-refractivity contribution in [3.63, 3.8) is 0 Å². The number of alkyl halides is 3. The lowest BCUT2D eigenvalue weighted by Gasteiger charge is -2.22. The van der Waals surface area contributed by atoms with Crippen LogP contribution in [-0.4, -0.2) is 36.1 Å². The van der Waals surface area contributed by atoms with Crippen LogP contribution in [0.15, 0.2) is 24.3 Å². The van der Waals surface area contributed by atoms with Crippen molar-refractivity contribution in [1.29, 1.82) is 0 Å². The predicted molar refractivity (Wildman–Crippen MR) is 73.4 cm³/mol. The Morgan fingerprint density at radius 1 is 1.33 bits per heavy atom. The summed E-state index contributed by atoms with van der Waals surface area (Å²) in [6.45, 7) is -0.871. The van der Waals surface area contributed by atoms with Crippen molar-refractivity contribution < 1.29 is 18.0 Å². The summed E-state index contributed by atoms with van der Waals surface area (Å²) < 4.78 is 36.2. The van der Waals surface area contributed by atoms with Crippen molar-refractivity contribution in [3.05, 3.63) is 29.8 Å². The van der Waals surface area contributed by atoms with Gasteiger partial charge in [-0.2, -0.15) is 13.2 Å². The summed E-state index contributed by atoms with van der Waals surface area (Å²) in [5, 5.41) is 1.90. The molecule has 4 nitrogen and oxygen atoms in total. The Balaban J connectivity index is 1.91. The first-order valence-electron chi connectivity index (χ1n) is 6.76. The summed E-state index contributed by atoms with van der Waals surface area (Å²) in [6.07, 6.45) is -2.47. The third kappa shape index (κ3) is 5.26. The average molecular weight is 301 g/mol. The highest BCUT2D eigenvalue weighted by molar-refractivity contribution is 5.78. The normalized spacial score (nSPS) is 15.2. The molecule has 0 unspecified atom stereocenters.